The molecule has 2 rings (SSSR count). The van der Waals surface area contributed by atoms with E-state index >= 15 is 0 Å². The molecule has 1 heterocycles. The Balaban J connectivity index is 1.95. The number of nitrogens with one attached hydrogen (secondary N) is 1. The summed E-state index contributed by atoms with van der Waals surface area (Å²) in [6.45, 7) is 2.42. The standard InChI is InChI=1S/C14H23N3O2/c15-12-14(6-4-2-1-3-5-7-14)16-13(18)17-8-10-19-11-9-17/h1-11H2,(H,16,18). The van der Waals surface area contributed by atoms with Crippen LogP contribution in [0, 0.1) is 11.3 Å². The van der Waals surface area contributed by atoms with Crippen molar-refractivity contribution in [2.75, 3.05) is 26.3 Å². The molecule has 0 aromatic carbocycles. The Morgan fingerprint density at radius 2 is 1.68 bits per heavy atom. The Labute approximate surface area is 114 Å². The molecule has 0 radical (unpaired) electrons. The van der Waals surface area contributed by atoms with Gasteiger partial charge in [-0.05, 0) is 12.8 Å². The van der Waals surface area contributed by atoms with E-state index in [-0.39, 0.29) is 6.03 Å². The summed E-state index contributed by atoms with van der Waals surface area (Å²) < 4.78 is 5.24. The van der Waals surface area contributed by atoms with Crippen LogP contribution < -0.4 is 5.32 Å². The summed E-state index contributed by atoms with van der Waals surface area (Å²) in [6, 6.07) is 2.26. The maximum Gasteiger partial charge on any atom is 0.318 e. The topological polar surface area (TPSA) is 65.4 Å². The third kappa shape index (κ3) is 3.84. The zero-order chi connectivity index (χ0) is 13.6. The molecule has 19 heavy (non-hydrogen) atoms. The molecule has 0 aromatic heterocycles. The van der Waals surface area contributed by atoms with Gasteiger partial charge in [-0.2, -0.15) is 5.26 Å². The Hall–Kier alpha value is -1.28. The van der Waals surface area contributed by atoms with Gasteiger partial charge >= 0.3 is 6.03 Å². The van der Waals surface area contributed by atoms with Crippen LogP contribution in [0.15, 0.2) is 0 Å². The number of morpholine rings is 1. The van der Waals surface area contributed by atoms with Gasteiger partial charge in [0, 0.05) is 13.1 Å². The van der Waals surface area contributed by atoms with Crippen LogP contribution in [0.2, 0.25) is 0 Å². The fraction of sp³-hybridized carbons (Fsp3) is 0.857. The molecule has 2 aliphatic rings. The molecule has 1 N–H and O–H groups in total. The SMILES string of the molecule is N#CC1(NC(=O)N2CCOCC2)CCCCCCC1. The second-order valence-corrected chi connectivity index (χ2v) is 5.49. The maximum absolute atomic E-state index is 12.2. The highest BCUT2D eigenvalue weighted by atomic mass is 16.5. The van der Waals surface area contributed by atoms with Crippen LogP contribution in [0.25, 0.3) is 0 Å². The number of carbonyl (C=O) groups excluding carboxylic acids is 1. The largest absolute Gasteiger partial charge is 0.378 e. The molecule has 1 aliphatic heterocycles. The Kier molecular flexibility index (Phi) is 5.03. The van der Waals surface area contributed by atoms with E-state index in [1.165, 1.54) is 6.42 Å². The number of nitrogens with zero attached hydrogens (tertiary/aromatic N) is 2. The summed E-state index contributed by atoms with van der Waals surface area (Å²) in [6.07, 6.45) is 7.18. The molecule has 1 aliphatic carbocycles. The van der Waals surface area contributed by atoms with Gasteiger partial charge in [-0.15, -0.1) is 0 Å². The van der Waals surface area contributed by atoms with E-state index in [2.05, 4.69) is 11.4 Å². The number of amides is 2. The van der Waals surface area contributed by atoms with Gasteiger partial charge in [0.15, 0.2) is 0 Å². The van der Waals surface area contributed by atoms with Crippen molar-refractivity contribution < 1.29 is 9.53 Å². The normalized spacial score (nSPS) is 23.8. The van der Waals surface area contributed by atoms with Gasteiger partial charge in [-0.1, -0.05) is 32.1 Å². The third-order valence-corrected chi connectivity index (χ3v) is 4.07. The van der Waals surface area contributed by atoms with Crippen molar-refractivity contribution in [3.05, 3.63) is 0 Å². The lowest BCUT2D eigenvalue weighted by Gasteiger charge is -2.34. The minimum Gasteiger partial charge on any atom is -0.378 e. The average Bonchev–Trinajstić information content (AvgIpc) is 2.43. The molecule has 0 aromatic rings. The summed E-state index contributed by atoms with van der Waals surface area (Å²) in [5.41, 5.74) is -0.657. The van der Waals surface area contributed by atoms with Gasteiger partial charge in [0.05, 0.1) is 19.3 Å². The van der Waals surface area contributed by atoms with E-state index in [4.69, 9.17) is 4.74 Å². The van der Waals surface area contributed by atoms with E-state index in [1.807, 2.05) is 0 Å². The van der Waals surface area contributed by atoms with Gasteiger partial charge in [0.25, 0.3) is 0 Å². The predicted molar refractivity (Wildman–Crippen MR) is 71.6 cm³/mol. The van der Waals surface area contributed by atoms with Crippen LogP contribution in [0.4, 0.5) is 4.79 Å². The summed E-state index contributed by atoms with van der Waals surface area (Å²) in [5, 5.41) is 12.5. The first-order valence-corrected chi connectivity index (χ1v) is 7.32. The van der Waals surface area contributed by atoms with Crippen molar-refractivity contribution in [2.24, 2.45) is 0 Å². The number of ether oxygens (including phenoxy) is 1. The molecule has 1 saturated carbocycles. The zero-order valence-corrected chi connectivity index (χ0v) is 11.5. The van der Waals surface area contributed by atoms with Crippen molar-refractivity contribution in [1.82, 2.24) is 10.2 Å². The van der Waals surface area contributed by atoms with Crippen molar-refractivity contribution in [2.45, 2.75) is 50.5 Å². The summed E-state index contributed by atoms with van der Waals surface area (Å²) >= 11 is 0. The van der Waals surface area contributed by atoms with Crippen molar-refractivity contribution in [1.29, 1.82) is 5.26 Å². The first kappa shape index (κ1) is 14.1. The molecule has 0 spiro atoms. The van der Waals surface area contributed by atoms with Crippen LogP contribution in [-0.2, 0) is 4.74 Å². The monoisotopic (exact) mass is 265 g/mol. The second kappa shape index (κ2) is 6.76. The zero-order valence-electron chi connectivity index (χ0n) is 11.5. The Bertz CT molecular complexity index is 337. The third-order valence-electron chi connectivity index (χ3n) is 4.07. The fourth-order valence-corrected chi connectivity index (χ4v) is 2.82. The maximum atomic E-state index is 12.2. The minimum absolute atomic E-state index is 0.106. The van der Waals surface area contributed by atoms with Crippen LogP contribution in [0.5, 0.6) is 0 Å². The van der Waals surface area contributed by atoms with Crippen molar-refractivity contribution >= 4 is 6.03 Å². The van der Waals surface area contributed by atoms with E-state index < -0.39 is 5.54 Å². The summed E-state index contributed by atoms with van der Waals surface area (Å²) in [4.78, 5) is 14.0. The van der Waals surface area contributed by atoms with Gasteiger partial charge < -0.3 is 15.0 Å². The lowest BCUT2D eigenvalue weighted by atomic mass is 9.85. The number of carbonyl (C=O) groups is 1. The lowest BCUT2D eigenvalue weighted by Crippen LogP contribution is -2.55. The molecular formula is C14H23N3O2. The highest BCUT2D eigenvalue weighted by Crippen LogP contribution is 2.26. The molecule has 5 nitrogen and oxygen atoms in total. The smallest absolute Gasteiger partial charge is 0.318 e. The Morgan fingerprint density at radius 1 is 1.11 bits per heavy atom. The quantitative estimate of drug-likeness (QED) is 0.789. The number of hydrogen-bond acceptors (Lipinski definition) is 3. The number of nitriles is 1. The van der Waals surface area contributed by atoms with Gasteiger partial charge in [-0.3, -0.25) is 0 Å². The number of rotatable bonds is 1. The molecule has 2 amide bonds. The molecule has 2 fully saturated rings. The average molecular weight is 265 g/mol. The van der Waals surface area contributed by atoms with E-state index in [0.29, 0.717) is 26.3 Å². The number of urea groups is 1. The molecule has 0 atom stereocenters. The molecule has 0 bridgehead atoms. The van der Waals surface area contributed by atoms with Crippen molar-refractivity contribution in [3.63, 3.8) is 0 Å². The fourth-order valence-electron chi connectivity index (χ4n) is 2.82. The predicted octanol–water partition coefficient (Wildman–Crippen LogP) is 2.03. The number of hydrogen-bond donors (Lipinski definition) is 1. The van der Waals surface area contributed by atoms with Crippen LogP contribution in [-0.4, -0.2) is 42.8 Å². The van der Waals surface area contributed by atoms with Crippen LogP contribution in [0.3, 0.4) is 0 Å². The van der Waals surface area contributed by atoms with Gasteiger partial charge in [-0.25, -0.2) is 4.79 Å². The minimum atomic E-state index is -0.657. The van der Waals surface area contributed by atoms with E-state index in [1.54, 1.807) is 4.90 Å². The van der Waals surface area contributed by atoms with Gasteiger partial charge in [0.1, 0.15) is 5.54 Å². The molecule has 0 unspecified atom stereocenters. The molecule has 106 valence electrons. The van der Waals surface area contributed by atoms with Crippen LogP contribution in [0.1, 0.15) is 44.9 Å². The van der Waals surface area contributed by atoms with Crippen LogP contribution >= 0.6 is 0 Å². The first-order valence-electron chi connectivity index (χ1n) is 7.32. The molecule has 1 saturated heterocycles. The van der Waals surface area contributed by atoms with Crippen molar-refractivity contribution in [3.8, 4) is 6.07 Å². The molecular weight excluding hydrogens is 242 g/mol. The van der Waals surface area contributed by atoms with E-state index in [0.717, 1.165) is 38.5 Å². The van der Waals surface area contributed by atoms with Gasteiger partial charge in [0.2, 0.25) is 0 Å². The summed E-state index contributed by atoms with van der Waals surface area (Å²) in [7, 11) is 0. The Morgan fingerprint density at radius 3 is 2.26 bits per heavy atom. The highest BCUT2D eigenvalue weighted by Gasteiger charge is 2.33. The summed E-state index contributed by atoms with van der Waals surface area (Å²) in [5.74, 6) is 0. The van der Waals surface area contributed by atoms with E-state index in [9.17, 15) is 10.1 Å². The molecule has 5 heteroatoms. The second-order valence-electron chi connectivity index (χ2n) is 5.49. The highest BCUT2D eigenvalue weighted by molar-refractivity contribution is 5.75. The first-order chi connectivity index (χ1) is 9.26. The lowest BCUT2D eigenvalue weighted by molar-refractivity contribution is 0.0513.